The fraction of sp³-hybridized carbons (Fsp3) is 0.714. The van der Waals surface area contributed by atoms with Crippen LogP contribution >= 0.6 is 0 Å². The van der Waals surface area contributed by atoms with Crippen LogP contribution in [-0.2, 0) is 11.8 Å². The van der Waals surface area contributed by atoms with Gasteiger partial charge in [-0.3, -0.25) is 4.79 Å². The fourth-order valence-electron chi connectivity index (χ4n) is 3.16. The highest BCUT2D eigenvalue weighted by Crippen LogP contribution is 2.35. The van der Waals surface area contributed by atoms with Crippen LogP contribution in [0.4, 0.5) is 0 Å². The second kappa shape index (κ2) is 5.18. The van der Waals surface area contributed by atoms with Gasteiger partial charge in [0.25, 0.3) is 5.91 Å². The van der Waals surface area contributed by atoms with E-state index in [1.165, 1.54) is 0 Å². The number of ether oxygens (including phenoxy) is 1. The van der Waals surface area contributed by atoms with Gasteiger partial charge in [-0.25, -0.2) is 4.98 Å². The third-order valence-electron chi connectivity index (χ3n) is 4.44. The molecule has 1 amide bonds. The van der Waals surface area contributed by atoms with E-state index in [9.17, 15) is 9.90 Å². The first-order valence-corrected chi connectivity index (χ1v) is 7.20. The number of piperidine rings is 1. The quantitative estimate of drug-likeness (QED) is 0.816. The molecular formula is C14H21N3O3. The molecule has 20 heavy (non-hydrogen) atoms. The number of aliphatic hydroxyl groups excluding tert-OH is 1. The number of hydrogen-bond acceptors (Lipinski definition) is 4. The largest absolute Gasteiger partial charge is 0.390 e. The Bertz CT molecular complexity index is 492. The third-order valence-corrected chi connectivity index (χ3v) is 4.44. The minimum atomic E-state index is -0.431. The summed E-state index contributed by atoms with van der Waals surface area (Å²) < 4.78 is 7.62. The van der Waals surface area contributed by atoms with Crippen LogP contribution in [-0.4, -0.2) is 56.9 Å². The Kier molecular flexibility index (Phi) is 3.52. The summed E-state index contributed by atoms with van der Waals surface area (Å²) in [5, 5.41) is 10.2. The van der Waals surface area contributed by atoms with E-state index in [1.807, 2.05) is 7.05 Å². The van der Waals surface area contributed by atoms with E-state index in [0.717, 1.165) is 12.8 Å². The molecule has 1 N–H and O–H groups in total. The van der Waals surface area contributed by atoms with Crippen LogP contribution in [0.2, 0.25) is 0 Å². The zero-order valence-corrected chi connectivity index (χ0v) is 11.8. The molecule has 1 aromatic rings. The number of imidazole rings is 1. The lowest BCUT2D eigenvalue weighted by atomic mass is 9.82. The first-order valence-electron chi connectivity index (χ1n) is 7.20. The van der Waals surface area contributed by atoms with Crippen molar-refractivity contribution in [3.63, 3.8) is 0 Å². The summed E-state index contributed by atoms with van der Waals surface area (Å²) in [7, 11) is 1.85. The smallest absolute Gasteiger partial charge is 0.274 e. The number of amides is 1. The van der Waals surface area contributed by atoms with Crippen LogP contribution in [0.5, 0.6) is 0 Å². The van der Waals surface area contributed by atoms with Gasteiger partial charge in [-0.15, -0.1) is 0 Å². The predicted octanol–water partition coefficient (Wildman–Crippen LogP) is 0.566. The standard InChI is InChI=1S/C14H21N3O3/c1-16-9-11(15-10-16)13(19)17-6-4-14(5-7-17)12(18)3-2-8-20-14/h9-10,12,18H,2-8H2,1H3. The first kappa shape index (κ1) is 13.6. The SMILES string of the molecule is Cn1cnc(C(=O)N2CCC3(CC2)OCCCC3O)c1. The average molecular weight is 279 g/mol. The minimum Gasteiger partial charge on any atom is -0.390 e. The molecule has 2 aliphatic heterocycles. The molecule has 6 nitrogen and oxygen atoms in total. The van der Waals surface area contributed by atoms with E-state index in [0.29, 0.717) is 38.2 Å². The topological polar surface area (TPSA) is 67.6 Å². The summed E-state index contributed by atoms with van der Waals surface area (Å²) in [6.45, 7) is 1.95. The molecule has 6 heteroatoms. The maximum atomic E-state index is 12.3. The van der Waals surface area contributed by atoms with Gasteiger partial charge < -0.3 is 19.3 Å². The number of aromatic nitrogens is 2. The number of hydrogen-bond donors (Lipinski definition) is 1. The Morgan fingerprint density at radius 3 is 2.85 bits per heavy atom. The van der Waals surface area contributed by atoms with Crippen LogP contribution in [0, 0.1) is 0 Å². The van der Waals surface area contributed by atoms with Crippen LogP contribution in [0.3, 0.4) is 0 Å². The minimum absolute atomic E-state index is 0.0363. The zero-order valence-electron chi connectivity index (χ0n) is 11.8. The van der Waals surface area contributed by atoms with Gasteiger partial charge in [0.1, 0.15) is 5.69 Å². The highest BCUT2D eigenvalue weighted by Gasteiger charge is 2.44. The molecule has 0 radical (unpaired) electrons. The van der Waals surface area contributed by atoms with E-state index in [2.05, 4.69) is 4.98 Å². The molecule has 0 saturated carbocycles. The Balaban J connectivity index is 1.65. The Morgan fingerprint density at radius 1 is 1.50 bits per heavy atom. The summed E-state index contributed by atoms with van der Waals surface area (Å²) in [5.41, 5.74) is 0.0487. The molecule has 1 unspecified atom stereocenters. The number of aryl methyl sites for hydroxylation is 1. The van der Waals surface area contributed by atoms with Gasteiger partial charge in [0, 0.05) is 32.9 Å². The van der Waals surface area contributed by atoms with E-state index >= 15 is 0 Å². The van der Waals surface area contributed by atoms with Crippen molar-refractivity contribution >= 4 is 5.91 Å². The van der Waals surface area contributed by atoms with E-state index in [-0.39, 0.29) is 5.91 Å². The number of likely N-dealkylation sites (tertiary alicyclic amines) is 1. The van der Waals surface area contributed by atoms with Crippen molar-refractivity contribution in [2.75, 3.05) is 19.7 Å². The molecule has 1 atom stereocenters. The molecule has 1 aromatic heterocycles. The number of carbonyl (C=O) groups excluding carboxylic acids is 1. The number of carbonyl (C=O) groups is 1. The summed E-state index contributed by atoms with van der Waals surface area (Å²) in [6.07, 6.45) is 6.08. The van der Waals surface area contributed by atoms with Gasteiger partial charge >= 0.3 is 0 Å². The lowest BCUT2D eigenvalue weighted by Crippen LogP contribution is -2.56. The second-order valence-corrected chi connectivity index (χ2v) is 5.79. The van der Waals surface area contributed by atoms with Gasteiger partial charge in [0.15, 0.2) is 0 Å². The molecule has 0 bridgehead atoms. The zero-order chi connectivity index (χ0) is 14.2. The Morgan fingerprint density at radius 2 is 2.25 bits per heavy atom. The van der Waals surface area contributed by atoms with Crippen molar-refractivity contribution in [2.24, 2.45) is 7.05 Å². The molecule has 3 heterocycles. The summed E-state index contributed by atoms with van der Waals surface area (Å²) in [4.78, 5) is 18.2. The van der Waals surface area contributed by atoms with Gasteiger partial charge in [-0.2, -0.15) is 0 Å². The molecule has 2 aliphatic rings. The van der Waals surface area contributed by atoms with Gasteiger partial charge in [0.05, 0.1) is 18.0 Å². The van der Waals surface area contributed by atoms with E-state index < -0.39 is 11.7 Å². The average Bonchev–Trinajstić information content (AvgIpc) is 2.89. The van der Waals surface area contributed by atoms with Crippen molar-refractivity contribution in [3.8, 4) is 0 Å². The van der Waals surface area contributed by atoms with Crippen molar-refractivity contribution in [2.45, 2.75) is 37.4 Å². The monoisotopic (exact) mass is 279 g/mol. The molecular weight excluding hydrogens is 258 g/mol. The molecule has 2 fully saturated rings. The first-order chi connectivity index (χ1) is 9.61. The van der Waals surface area contributed by atoms with E-state index in [4.69, 9.17) is 4.74 Å². The van der Waals surface area contributed by atoms with Gasteiger partial charge in [0.2, 0.25) is 0 Å². The third kappa shape index (κ3) is 2.33. The molecule has 0 aromatic carbocycles. The van der Waals surface area contributed by atoms with Gasteiger partial charge in [-0.05, 0) is 25.7 Å². The lowest BCUT2D eigenvalue weighted by Gasteiger charge is -2.46. The summed E-state index contributed by atoms with van der Waals surface area (Å²) >= 11 is 0. The fourth-order valence-corrected chi connectivity index (χ4v) is 3.16. The highest BCUT2D eigenvalue weighted by molar-refractivity contribution is 5.92. The van der Waals surface area contributed by atoms with Crippen molar-refractivity contribution < 1.29 is 14.6 Å². The second-order valence-electron chi connectivity index (χ2n) is 5.79. The van der Waals surface area contributed by atoms with Crippen LogP contribution in [0.25, 0.3) is 0 Å². The predicted molar refractivity (Wildman–Crippen MR) is 72.3 cm³/mol. The van der Waals surface area contributed by atoms with Crippen molar-refractivity contribution in [3.05, 3.63) is 18.2 Å². The molecule has 1 spiro atoms. The normalized spacial score (nSPS) is 25.9. The molecule has 3 rings (SSSR count). The summed E-state index contributed by atoms with van der Waals surface area (Å²) in [5.74, 6) is -0.0363. The maximum Gasteiger partial charge on any atom is 0.274 e. The molecule has 2 saturated heterocycles. The lowest BCUT2D eigenvalue weighted by molar-refractivity contribution is -0.174. The molecule has 110 valence electrons. The van der Waals surface area contributed by atoms with Crippen molar-refractivity contribution in [1.29, 1.82) is 0 Å². The Labute approximate surface area is 118 Å². The highest BCUT2D eigenvalue weighted by atomic mass is 16.5. The van der Waals surface area contributed by atoms with Crippen molar-refractivity contribution in [1.82, 2.24) is 14.5 Å². The Hall–Kier alpha value is -1.40. The molecule has 0 aliphatic carbocycles. The number of aliphatic hydroxyl groups is 1. The summed E-state index contributed by atoms with van der Waals surface area (Å²) in [6, 6.07) is 0. The van der Waals surface area contributed by atoms with E-state index in [1.54, 1.807) is 22.0 Å². The van der Waals surface area contributed by atoms with Crippen LogP contribution < -0.4 is 0 Å². The number of rotatable bonds is 1. The van der Waals surface area contributed by atoms with Crippen LogP contribution in [0.1, 0.15) is 36.2 Å². The maximum absolute atomic E-state index is 12.3. The van der Waals surface area contributed by atoms with Crippen LogP contribution in [0.15, 0.2) is 12.5 Å². The number of nitrogens with zero attached hydrogens (tertiary/aromatic N) is 3. The van der Waals surface area contributed by atoms with Gasteiger partial charge in [-0.1, -0.05) is 0 Å².